The standard InChI is InChI=1S/C27H42O4/c1-18(7-5-13-26(3,4)31)23-11-12-24-20(8-6-14-27(23,24)17-28)9-10-21-15-22(29)16-25(30)19(21)2/h9-10,17-18,22-25,29-31H,2,5-8,11-16H2,1,3-4H3/b20-9?,21-10-/t18-,22-,23-,24?,25-,27+/m1/s1. The Hall–Kier alpha value is -1.23. The van der Waals surface area contributed by atoms with Crippen molar-refractivity contribution < 1.29 is 20.1 Å². The average Bonchev–Trinajstić information content (AvgIpc) is 3.09. The summed E-state index contributed by atoms with van der Waals surface area (Å²) >= 11 is 0. The number of carbonyl (C=O) groups is 1. The minimum absolute atomic E-state index is 0.265. The summed E-state index contributed by atoms with van der Waals surface area (Å²) in [4.78, 5) is 12.5. The van der Waals surface area contributed by atoms with Crippen LogP contribution in [0, 0.1) is 23.2 Å². The third-order valence-corrected chi connectivity index (χ3v) is 8.25. The van der Waals surface area contributed by atoms with Gasteiger partial charge in [0, 0.05) is 11.8 Å². The van der Waals surface area contributed by atoms with E-state index in [1.54, 1.807) is 0 Å². The molecule has 0 radical (unpaired) electrons. The van der Waals surface area contributed by atoms with Gasteiger partial charge in [0.05, 0.1) is 17.8 Å². The van der Waals surface area contributed by atoms with Crippen molar-refractivity contribution >= 4 is 6.29 Å². The molecule has 6 atom stereocenters. The van der Waals surface area contributed by atoms with E-state index in [-0.39, 0.29) is 5.41 Å². The number of aldehydes is 1. The molecule has 4 heteroatoms. The van der Waals surface area contributed by atoms with Gasteiger partial charge < -0.3 is 20.1 Å². The third-order valence-electron chi connectivity index (χ3n) is 8.25. The molecule has 3 rings (SSSR count). The van der Waals surface area contributed by atoms with Crippen LogP contribution < -0.4 is 0 Å². The number of carbonyl (C=O) groups excluding carboxylic acids is 1. The molecule has 0 bridgehead atoms. The summed E-state index contributed by atoms with van der Waals surface area (Å²) in [6.45, 7) is 10.0. The zero-order valence-electron chi connectivity index (χ0n) is 19.6. The molecule has 0 aromatic rings. The molecule has 3 N–H and O–H groups in total. The van der Waals surface area contributed by atoms with E-state index in [2.05, 4.69) is 19.6 Å². The van der Waals surface area contributed by atoms with Crippen LogP contribution in [0.2, 0.25) is 0 Å². The van der Waals surface area contributed by atoms with Crippen molar-refractivity contribution in [1.82, 2.24) is 0 Å². The van der Waals surface area contributed by atoms with Crippen molar-refractivity contribution in [1.29, 1.82) is 0 Å². The van der Waals surface area contributed by atoms with Gasteiger partial charge in [-0.25, -0.2) is 0 Å². The molecule has 174 valence electrons. The Morgan fingerprint density at radius 2 is 2.00 bits per heavy atom. The first kappa shape index (κ1) is 24.4. The minimum atomic E-state index is -0.672. The van der Waals surface area contributed by atoms with E-state index < -0.39 is 17.8 Å². The number of rotatable bonds is 7. The molecule has 31 heavy (non-hydrogen) atoms. The second-order valence-electron chi connectivity index (χ2n) is 11.1. The molecule has 3 aliphatic rings. The highest BCUT2D eigenvalue weighted by atomic mass is 16.3. The predicted octanol–water partition coefficient (Wildman–Crippen LogP) is 4.88. The van der Waals surface area contributed by atoms with Crippen LogP contribution in [0.25, 0.3) is 0 Å². The Bertz CT molecular complexity index is 728. The Morgan fingerprint density at radius 1 is 1.26 bits per heavy atom. The Morgan fingerprint density at radius 3 is 2.68 bits per heavy atom. The summed E-state index contributed by atoms with van der Waals surface area (Å²) in [7, 11) is 0. The van der Waals surface area contributed by atoms with E-state index in [1.807, 2.05) is 19.9 Å². The molecule has 3 fully saturated rings. The summed E-state index contributed by atoms with van der Waals surface area (Å²) in [6.07, 6.45) is 13.2. The number of allylic oxidation sites excluding steroid dienone is 3. The summed E-state index contributed by atoms with van der Waals surface area (Å²) in [5.41, 5.74) is 2.09. The van der Waals surface area contributed by atoms with Crippen molar-refractivity contribution in [3.05, 3.63) is 35.5 Å². The maximum Gasteiger partial charge on any atom is 0.127 e. The van der Waals surface area contributed by atoms with Gasteiger partial charge in [-0.1, -0.05) is 44.1 Å². The molecule has 0 heterocycles. The van der Waals surface area contributed by atoms with Gasteiger partial charge in [0.15, 0.2) is 0 Å². The maximum absolute atomic E-state index is 12.5. The summed E-state index contributed by atoms with van der Waals surface area (Å²) in [5, 5.41) is 30.2. The Labute approximate surface area is 188 Å². The lowest BCUT2D eigenvalue weighted by Crippen LogP contribution is -2.40. The van der Waals surface area contributed by atoms with Crippen molar-refractivity contribution in [3.8, 4) is 0 Å². The van der Waals surface area contributed by atoms with Crippen LogP contribution in [-0.4, -0.2) is 39.4 Å². The molecular weight excluding hydrogens is 388 g/mol. The molecule has 0 spiro atoms. The molecule has 0 aliphatic heterocycles. The summed E-state index contributed by atoms with van der Waals surface area (Å²) in [5.74, 6) is 1.17. The zero-order chi connectivity index (χ0) is 22.8. The normalized spacial score (nSPS) is 37.8. The lowest BCUT2D eigenvalue weighted by molar-refractivity contribution is -0.122. The SMILES string of the molecule is C=C1/C(=C\C=C2CCC[C@@]3(C=O)C2CC[C@@H]3[C@H](C)CCCC(C)(C)O)C[C@@H](O)C[C@H]1O. The van der Waals surface area contributed by atoms with Crippen LogP contribution in [0.1, 0.15) is 85.0 Å². The van der Waals surface area contributed by atoms with Crippen molar-refractivity contribution in [2.75, 3.05) is 0 Å². The first-order chi connectivity index (χ1) is 14.6. The Kier molecular flexibility index (Phi) is 7.66. The average molecular weight is 431 g/mol. The summed E-state index contributed by atoms with van der Waals surface area (Å²) < 4.78 is 0. The van der Waals surface area contributed by atoms with Crippen molar-refractivity contribution in [2.24, 2.45) is 23.2 Å². The van der Waals surface area contributed by atoms with E-state index in [0.717, 1.165) is 56.9 Å². The highest BCUT2D eigenvalue weighted by Gasteiger charge is 2.53. The fourth-order valence-electron chi connectivity index (χ4n) is 6.57. The van der Waals surface area contributed by atoms with Crippen LogP contribution in [-0.2, 0) is 4.79 Å². The van der Waals surface area contributed by atoms with Crippen LogP contribution in [0.5, 0.6) is 0 Å². The van der Waals surface area contributed by atoms with Crippen LogP contribution in [0.15, 0.2) is 35.5 Å². The highest BCUT2D eigenvalue weighted by Crippen LogP contribution is 2.59. The predicted molar refractivity (Wildman–Crippen MR) is 124 cm³/mol. The van der Waals surface area contributed by atoms with E-state index in [1.165, 1.54) is 11.9 Å². The van der Waals surface area contributed by atoms with Gasteiger partial charge in [-0.2, -0.15) is 0 Å². The van der Waals surface area contributed by atoms with E-state index in [0.29, 0.717) is 36.2 Å². The van der Waals surface area contributed by atoms with E-state index >= 15 is 0 Å². The largest absolute Gasteiger partial charge is 0.393 e. The second-order valence-corrected chi connectivity index (χ2v) is 11.1. The van der Waals surface area contributed by atoms with Gasteiger partial charge in [0.25, 0.3) is 0 Å². The molecule has 1 unspecified atom stereocenters. The molecule has 0 saturated heterocycles. The molecular formula is C27H42O4. The van der Waals surface area contributed by atoms with Gasteiger partial charge in [-0.15, -0.1) is 0 Å². The van der Waals surface area contributed by atoms with Gasteiger partial charge in [0.1, 0.15) is 6.29 Å². The zero-order valence-corrected chi connectivity index (χ0v) is 19.6. The third kappa shape index (κ3) is 5.40. The monoisotopic (exact) mass is 430 g/mol. The van der Waals surface area contributed by atoms with E-state index in [4.69, 9.17) is 0 Å². The number of fused-ring (bicyclic) bond motifs is 1. The first-order valence-electron chi connectivity index (χ1n) is 12.2. The lowest BCUT2D eigenvalue weighted by atomic mass is 9.60. The molecule has 3 saturated carbocycles. The van der Waals surface area contributed by atoms with Gasteiger partial charge in [-0.3, -0.25) is 0 Å². The Balaban J connectivity index is 1.76. The first-order valence-corrected chi connectivity index (χ1v) is 12.2. The highest BCUT2D eigenvalue weighted by molar-refractivity contribution is 5.63. The summed E-state index contributed by atoms with van der Waals surface area (Å²) in [6, 6.07) is 0. The number of hydrogen-bond acceptors (Lipinski definition) is 4. The van der Waals surface area contributed by atoms with E-state index in [9.17, 15) is 20.1 Å². The van der Waals surface area contributed by atoms with Gasteiger partial charge >= 0.3 is 0 Å². The minimum Gasteiger partial charge on any atom is -0.393 e. The fraction of sp³-hybridized carbons (Fsp3) is 0.741. The molecule has 4 nitrogen and oxygen atoms in total. The van der Waals surface area contributed by atoms with Crippen molar-refractivity contribution in [3.63, 3.8) is 0 Å². The quantitative estimate of drug-likeness (QED) is 0.503. The molecule has 0 amide bonds. The smallest absolute Gasteiger partial charge is 0.127 e. The van der Waals surface area contributed by atoms with Crippen LogP contribution >= 0.6 is 0 Å². The van der Waals surface area contributed by atoms with Crippen molar-refractivity contribution in [2.45, 2.75) is 103 Å². The number of aliphatic hydroxyl groups excluding tert-OH is 2. The lowest BCUT2D eigenvalue weighted by Gasteiger charge is -2.43. The van der Waals surface area contributed by atoms with Gasteiger partial charge in [0.2, 0.25) is 0 Å². The maximum atomic E-state index is 12.5. The van der Waals surface area contributed by atoms with Crippen LogP contribution in [0.3, 0.4) is 0 Å². The fourth-order valence-corrected chi connectivity index (χ4v) is 6.57. The van der Waals surface area contributed by atoms with Crippen LogP contribution in [0.4, 0.5) is 0 Å². The topological polar surface area (TPSA) is 77.8 Å². The second kappa shape index (κ2) is 9.72. The number of aliphatic hydroxyl groups is 3. The molecule has 0 aromatic heterocycles. The molecule has 3 aliphatic carbocycles. The molecule has 0 aromatic carbocycles. The number of hydrogen-bond donors (Lipinski definition) is 3. The van der Waals surface area contributed by atoms with Gasteiger partial charge in [-0.05, 0) is 87.7 Å².